The zero-order chi connectivity index (χ0) is 41.5. The van der Waals surface area contributed by atoms with Crippen LogP contribution in [0.25, 0.3) is 88.4 Å². The van der Waals surface area contributed by atoms with Crippen LogP contribution in [0.4, 0.5) is 0 Å². The Balaban J connectivity index is 1.14. The number of fused-ring (bicyclic) bond motifs is 10. The van der Waals surface area contributed by atoms with Gasteiger partial charge in [0.05, 0.1) is 0 Å². The first-order valence-electron chi connectivity index (χ1n) is 21.9. The minimum atomic E-state index is -3.61. The second-order valence-electron chi connectivity index (χ2n) is 16.8. The van der Waals surface area contributed by atoms with Crippen molar-refractivity contribution in [1.29, 1.82) is 0 Å². The van der Waals surface area contributed by atoms with Gasteiger partial charge in [-0.1, -0.05) is 24.3 Å². The first kappa shape index (κ1) is 36.0. The van der Waals surface area contributed by atoms with Gasteiger partial charge in [-0.25, -0.2) is 0 Å². The predicted molar refractivity (Wildman–Crippen MR) is 269 cm³/mol. The van der Waals surface area contributed by atoms with E-state index < -0.39 is 13.3 Å². The molecule has 294 valence electrons. The van der Waals surface area contributed by atoms with Crippen LogP contribution in [0.15, 0.2) is 243 Å². The van der Waals surface area contributed by atoms with E-state index in [-0.39, 0.29) is 0 Å². The summed E-state index contributed by atoms with van der Waals surface area (Å²) >= 11 is -3.61. The Morgan fingerprint density at radius 1 is 0.302 bits per heavy atom. The SMILES string of the molecule is c1ccc(-c2cc(-c3ccccc3-n3c4ccccc4c4c5c6ccccc6n(-c6ccccc6)c5ccc43)c[c]3c2-c2cccc[c]2[Ge]3([c]2ccccc2)[c]2ccccc2)cc1. The van der Waals surface area contributed by atoms with Crippen LogP contribution in [0.5, 0.6) is 0 Å². The molecule has 0 fully saturated rings. The van der Waals surface area contributed by atoms with Crippen molar-refractivity contribution >= 4 is 74.5 Å². The molecule has 2 nitrogen and oxygen atoms in total. The van der Waals surface area contributed by atoms with E-state index in [0.717, 1.165) is 5.69 Å². The molecule has 0 radical (unpaired) electrons. The minimum absolute atomic E-state index is 1.16. The molecule has 1 aliphatic heterocycles. The summed E-state index contributed by atoms with van der Waals surface area (Å²) in [4.78, 5) is 0. The molecule has 0 spiro atoms. The molecule has 0 saturated heterocycles. The van der Waals surface area contributed by atoms with E-state index >= 15 is 0 Å². The number of benzene rings is 10. The van der Waals surface area contributed by atoms with Crippen LogP contribution < -0.4 is 17.6 Å². The van der Waals surface area contributed by atoms with Crippen molar-refractivity contribution in [2.24, 2.45) is 0 Å². The summed E-state index contributed by atoms with van der Waals surface area (Å²) in [5.74, 6) is 0. The van der Waals surface area contributed by atoms with Gasteiger partial charge in [0.25, 0.3) is 0 Å². The quantitative estimate of drug-likeness (QED) is 0.147. The van der Waals surface area contributed by atoms with Crippen molar-refractivity contribution in [3.63, 3.8) is 0 Å². The fourth-order valence-corrected chi connectivity index (χ4v) is 22.1. The first-order chi connectivity index (χ1) is 31.3. The van der Waals surface area contributed by atoms with Crippen LogP contribution in [0.2, 0.25) is 0 Å². The van der Waals surface area contributed by atoms with Gasteiger partial charge in [-0.2, -0.15) is 0 Å². The van der Waals surface area contributed by atoms with Crippen LogP contribution in [0.3, 0.4) is 0 Å². The molecule has 0 atom stereocenters. The molecule has 10 aromatic carbocycles. The molecule has 12 aromatic rings. The van der Waals surface area contributed by atoms with E-state index in [2.05, 4.69) is 252 Å². The van der Waals surface area contributed by atoms with Gasteiger partial charge in [0.1, 0.15) is 0 Å². The third kappa shape index (κ3) is 5.19. The van der Waals surface area contributed by atoms with Crippen molar-refractivity contribution in [3.05, 3.63) is 243 Å². The van der Waals surface area contributed by atoms with Crippen molar-refractivity contribution in [3.8, 4) is 44.8 Å². The molecule has 0 unspecified atom stereocenters. The second-order valence-corrected chi connectivity index (χ2v) is 24.6. The van der Waals surface area contributed by atoms with Crippen molar-refractivity contribution in [1.82, 2.24) is 9.13 Å². The number of hydrogen-bond acceptors (Lipinski definition) is 0. The molecule has 0 aliphatic carbocycles. The maximum absolute atomic E-state index is 3.61. The molecule has 3 heterocycles. The standard InChI is InChI=1S/C60H40GeN2/c1-5-21-41(22-6-1)50-39-42(40-52-58(50)47-30-13-17-33-51(47)61(52,43-23-7-2-8-24-43)44-25-9-3-10-26-44)46-29-14-18-34-53(46)63-55-36-20-16-32-49(55)60-57(63)38-37-56-59(60)48-31-15-19-35-54(48)62(56)45-27-11-4-12-28-45/h1-40H. The number of nitrogens with zero attached hydrogens (tertiary/aromatic N) is 2. The summed E-state index contributed by atoms with van der Waals surface area (Å²) in [5, 5.41) is 5.07. The molecule has 0 amide bonds. The molecule has 0 saturated carbocycles. The van der Waals surface area contributed by atoms with E-state index in [0.29, 0.717) is 0 Å². The zero-order valence-electron chi connectivity index (χ0n) is 34.5. The van der Waals surface area contributed by atoms with Gasteiger partial charge in [0, 0.05) is 0 Å². The molecule has 0 N–H and O–H groups in total. The Bertz CT molecular complexity index is 3680. The summed E-state index contributed by atoms with van der Waals surface area (Å²) in [6.45, 7) is 0. The van der Waals surface area contributed by atoms with Crippen molar-refractivity contribution in [2.45, 2.75) is 0 Å². The third-order valence-corrected chi connectivity index (χ3v) is 23.7. The van der Waals surface area contributed by atoms with Crippen LogP contribution in [-0.4, -0.2) is 22.4 Å². The van der Waals surface area contributed by atoms with Crippen LogP contribution in [0.1, 0.15) is 0 Å². The van der Waals surface area contributed by atoms with E-state index in [4.69, 9.17) is 0 Å². The van der Waals surface area contributed by atoms with Crippen molar-refractivity contribution < 1.29 is 0 Å². The van der Waals surface area contributed by atoms with Crippen LogP contribution >= 0.6 is 0 Å². The van der Waals surface area contributed by atoms with Crippen molar-refractivity contribution in [2.75, 3.05) is 0 Å². The number of rotatable bonds is 6. The van der Waals surface area contributed by atoms with Gasteiger partial charge < -0.3 is 0 Å². The fraction of sp³-hybridized carbons (Fsp3) is 0. The number of para-hydroxylation sites is 4. The maximum atomic E-state index is 2.60. The van der Waals surface area contributed by atoms with Gasteiger partial charge in [-0.3, -0.25) is 0 Å². The summed E-state index contributed by atoms with van der Waals surface area (Å²) < 4.78 is 10.8. The topological polar surface area (TPSA) is 9.86 Å². The molecule has 2 aromatic heterocycles. The van der Waals surface area contributed by atoms with Gasteiger partial charge in [-0.15, -0.1) is 0 Å². The Hall–Kier alpha value is -7.66. The van der Waals surface area contributed by atoms with Gasteiger partial charge >= 0.3 is 335 Å². The summed E-state index contributed by atoms with van der Waals surface area (Å²) in [7, 11) is 0. The summed E-state index contributed by atoms with van der Waals surface area (Å²) in [6, 6.07) is 90.7. The van der Waals surface area contributed by atoms with Crippen LogP contribution in [-0.2, 0) is 0 Å². The first-order valence-corrected chi connectivity index (χ1v) is 26.1. The Labute approximate surface area is 368 Å². The number of hydrogen-bond donors (Lipinski definition) is 0. The van der Waals surface area contributed by atoms with Crippen LogP contribution in [0, 0.1) is 0 Å². The van der Waals surface area contributed by atoms with E-state index in [9.17, 15) is 0 Å². The van der Waals surface area contributed by atoms with E-state index in [1.807, 2.05) is 0 Å². The molecule has 1 aliphatic rings. The fourth-order valence-electron chi connectivity index (χ4n) is 11.1. The summed E-state index contributed by atoms with van der Waals surface area (Å²) in [6.07, 6.45) is 0. The average Bonchev–Trinajstić information content (AvgIpc) is 3.99. The normalized spacial score (nSPS) is 12.9. The molecular formula is C60H40GeN2. The number of aromatic nitrogens is 2. The summed E-state index contributed by atoms with van der Waals surface area (Å²) in [5.41, 5.74) is 14.8. The monoisotopic (exact) mass is 862 g/mol. The Kier molecular flexibility index (Phi) is 8.12. The van der Waals surface area contributed by atoms with E-state index in [1.54, 1.807) is 0 Å². The predicted octanol–water partition coefficient (Wildman–Crippen LogP) is 12.6. The van der Waals surface area contributed by atoms with Gasteiger partial charge in [-0.05, 0) is 12.1 Å². The zero-order valence-corrected chi connectivity index (χ0v) is 36.6. The molecule has 3 heteroatoms. The van der Waals surface area contributed by atoms with Gasteiger partial charge in [0.15, 0.2) is 0 Å². The Morgan fingerprint density at radius 2 is 0.794 bits per heavy atom. The second kappa shape index (κ2) is 14.2. The molecule has 63 heavy (non-hydrogen) atoms. The molecule has 13 rings (SSSR count). The van der Waals surface area contributed by atoms with Gasteiger partial charge in [0.2, 0.25) is 0 Å². The van der Waals surface area contributed by atoms with E-state index in [1.165, 1.54) is 100 Å². The molecular weight excluding hydrogens is 821 g/mol. The average molecular weight is 862 g/mol. The third-order valence-electron chi connectivity index (χ3n) is 13.6. The Morgan fingerprint density at radius 3 is 1.44 bits per heavy atom. The molecule has 0 bridgehead atoms.